The molecule has 32 heavy (non-hydrogen) atoms. The van der Waals surface area contributed by atoms with Crippen LogP contribution in [0.1, 0.15) is 36.5 Å². The van der Waals surface area contributed by atoms with Crippen molar-refractivity contribution < 1.29 is 32.3 Å². The van der Waals surface area contributed by atoms with Crippen molar-refractivity contribution >= 4 is 11.6 Å². The fourth-order valence-corrected chi connectivity index (χ4v) is 3.46. The number of alkyl halides is 3. The van der Waals surface area contributed by atoms with Crippen LogP contribution in [0.2, 0.25) is 0 Å². The van der Waals surface area contributed by atoms with Crippen molar-refractivity contribution in [2.45, 2.75) is 38.6 Å². The smallest absolute Gasteiger partial charge is 0.416 e. The van der Waals surface area contributed by atoms with Gasteiger partial charge in [-0.05, 0) is 35.9 Å². The van der Waals surface area contributed by atoms with Crippen LogP contribution in [0, 0.1) is 0 Å². The van der Waals surface area contributed by atoms with Gasteiger partial charge >= 0.3 is 6.18 Å². The molecular weight excluding hydrogens is 425 g/mol. The molecule has 2 aromatic rings. The summed E-state index contributed by atoms with van der Waals surface area (Å²) in [7, 11) is 3.10. The number of hydrogen-bond donors (Lipinski definition) is 0. The molecule has 1 atom stereocenters. The van der Waals surface area contributed by atoms with Gasteiger partial charge in [0.05, 0.1) is 32.0 Å². The first kappa shape index (κ1) is 23.4. The molecule has 3 rings (SSSR count). The van der Waals surface area contributed by atoms with Crippen LogP contribution in [0.4, 0.5) is 13.2 Å². The Morgan fingerprint density at radius 2 is 1.81 bits per heavy atom. The molecule has 6 nitrogen and oxygen atoms in total. The van der Waals surface area contributed by atoms with E-state index in [-0.39, 0.29) is 31.5 Å². The first-order valence-electron chi connectivity index (χ1n) is 10.1. The summed E-state index contributed by atoms with van der Waals surface area (Å²) in [5, 5.41) is 4.16. The number of halogens is 3. The minimum absolute atomic E-state index is 0.118. The number of carbonyl (C=O) groups is 1. The van der Waals surface area contributed by atoms with E-state index in [2.05, 4.69) is 5.16 Å². The molecule has 1 aliphatic rings. The largest absolute Gasteiger partial charge is 0.493 e. The van der Waals surface area contributed by atoms with E-state index in [9.17, 15) is 18.0 Å². The molecule has 0 saturated heterocycles. The Morgan fingerprint density at radius 3 is 2.41 bits per heavy atom. The maximum absolute atomic E-state index is 12.8. The van der Waals surface area contributed by atoms with E-state index < -0.39 is 11.7 Å². The topological polar surface area (TPSA) is 60.4 Å². The number of rotatable bonds is 8. The summed E-state index contributed by atoms with van der Waals surface area (Å²) in [6.45, 7) is 2.20. The molecule has 0 radical (unpaired) electrons. The summed E-state index contributed by atoms with van der Waals surface area (Å²) in [5.74, 6) is 1.05. The van der Waals surface area contributed by atoms with Crippen LogP contribution in [0.3, 0.4) is 0 Å². The third-order valence-corrected chi connectivity index (χ3v) is 5.18. The van der Waals surface area contributed by atoms with Gasteiger partial charge in [0.25, 0.3) is 0 Å². The lowest BCUT2D eigenvalue weighted by Crippen LogP contribution is -2.36. The monoisotopic (exact) mass is 450 g/mol. The molecule has 2 aromatic carbocycles. The van der Waals surface area contributed by atoms with Gasteiger partial charge in [0.2, 0.25) is 5.91 Å². The summed E-state index contributed by atoms with van der Waals surface area (Å²) >= 11 is 0. The molecule has 1 amide bonds. The van der Waals surface area contributed by atoms with Crippen molar-refractivity contribution in [3.63, 3.8) is 0 Å². The van der Waals surface area contributed by atoms with Crippen LogP contribution in [-0.2, 0) is 22.4 Å². The second-order valence-electron chi connectivity index (χ2n) is 7.36. The molecule has 0 N–H and O–H groups in total. The quantitative estimate of drug-likeness (QED) is 0.587. The summed E-state index contributed by atoms with van der Waals surface area (Å²) in [5.41, 5.74) is 1.43. The molecule has 0 bridgehead atoms. The van der Waals surface area contributed by atoms with Crippen LogP contribution in [0.25, 0.3) is 0 Å². The van der Waals surface area contributed by atoms with Crippen LogP contribution in [0.5, 0.6) is 11.5 Å². The first-order valence-corrected chi connectivity index (χ1v) is 10.1. The van der Waals surface area contributed by atoms with Gasteiger partial charge in [-0.2, -0.15) is 13.2 Å². The van der Waals surface area contributed by atoms with E-state index >= 15 is 0 Å². The molecule has 0 aliphatic carbocycles. The lowest BCUT2D eigenvalue weighted by molar-refractivity contribution is -0.137. The summed E-state index contributed by atoms with van der Waals surface area (Å²) in [4.78, 5) is 19.6. The highest BCUT2D eigenvalue weighted by Crippen LogP contribution is 2.31. The standard InChI is InChI=1S/C23H25F3N2O4/c1-4-22(29)28(13-15-5-8-17(9-6-15)23(24,25)26)14-18-12-19(27-32-18)16-7-10-20(30-2)21(11-16)31-3/h5-11,18H,4,12-14H2,1-3H3. The van der Waals surface area contributed by atoms with Crippen molar-refractivity contribution in [2.24, 2.45) is 5.16 Å². The number of oxime groups is 1. The number of hydrogen-bond acceptors (Lipinski definition) is 5. The number of carbonyl (C=O) groups excluding carboxylic acids is 1. The highest BCUT2D eigenvalue weighted by molar-refractivity contribution is 6.01. The van der Waals surface area contributed by atoms with Crippen LogP contribution in [-0.4, -0.2) is 43.4 Å². The SMILES string of the molecule is CCC(=O)N(Cc1ccc(C(F)(F)F)cc1)CC1CC(c2ccc(OC)c(OC)c2)=NO1. The Bertz CT molecular complexity index is 974. The molecule has 1 heterocycles. The number of amides is 1. The fraction of sp³-hybridized carbons (Fsp3) is 0.391. The van der Waals surface area contributed by atoms with Crippen molar-refractivity contribution in [3.8, 4) is 11.5 Å². The van der Waals surface area contributed by atoms with Crippen LogP contribution >= 0.6 is 0 Å². The van der Waals surface area contributed by atoms with E-state index in [0.717, 1.165) is 23.4 Å². The minimum atomic E-state index is -4.40. The highest BCUT2D eigenvalue weighted by Gasteiger charge is 2.30. The van der Waals surface area contributed by atoms with E-state index in [1.165, 1.54) is 12.1 Å². The molecule has 1 aliphatic heterocycles. The van der Waals surface area contributed by atoms with Gasteiger partial charge in [-0.25, -0.2) is 0 Å². The third kappa shape index (κ3) is 5.52. The average molecular weight is 450 g/mol. The van der Waals surface area contributed by atoms with Gasteiger partial charge in [-0.15, -0.1) is 0 Å². The van der Waals surface area contributed by atoms with Gasteiger partial charge in [0.15, 0.2) is 17.6 Å². The van der Waals surface area contributed by atoms with Crippen LogP contribution < -0.4 is 9.47 Å². The summed E-state index contributed by atoms with van der Waals surface area (Å²) in [6.07, 6.45) is -4.00. The zero-order valence-corrected chi connectivity index (χ0v) is 18.1. The zero-order chi connectivity index (χ0) is 23.3. The van der Waals surface area contributed by atoms with Crippen molar-refractivity contribution in [1.82, 2.24) is 4.90 Å². The number of benzene rings is 2. The lowest BCUT2D eigenvalue weighted by Gasteiger charge is -2.24. The van der Waals surface area contributed by atoms with E-state index in [1.54, 1.807) is 38.2 Å². The molecule has 0 saturated carbocycles. The maximum atomic E-state index is 12.8. The van der Waals surface area contributed by atoms with Crippen molar-refractivity contribution in [2.75, 3.05) is 20.8 Å². The molecule has 0 fully saturated rings. The molecule has 172 valence electrons. The van der Waals surface area contributed by atoms with Gasteiger partial charge in [-0.1, -0.05) is 24.2 Å². The van der Waals surface area contributed by atoms with Gasteiger partial charge < -0.3 is 19.2 Å². The molecular formula is C23H25F3N2O4. The van der Waals surface area contributed by atoms with E-state index in [0.29, 0.717) is 23.5 Å². The normalized spacial score (nSPS) is 15.7. The predicted molar refractivity (Wildman–Crippen MR) is 113 cm³/mol. The molecule has 0 spiro atoms. The second kappa shape index (κ2) is 9.93. The maximum Gasteiger partial charge on any atom is 0.416 e. The first-order chi connectivity index (χ1) is 15.2. The molecule has 1 unspecified atom stereocenters. The zero-order valence-electron chi connectivity index (χ0n) is 18.1. The average Bonchev–Trinajstić information content (AvgIpc) is 3.26. The van der Waals surface area contributed by atoms with E-state index in [1.807, 2.05) is 6.07 Å². The van der Waals surface area contributed by atoms with Crippen LogP contribution in [0.15, 0.2) is 47.6 Å². The fourth-order valence-electron chi connectivity index (χ4n) is 3.46. The van der Waals surface area contributed by atoms with E-state index in [4.69, 9.17) is 14.3 Å². The minimum Gasteiger partial charge on any atom is -0.493 e. The number of ether oxygens (including phenoxy) is 2. The summed E-state index contributed by atoms with van der Waals surface area (Å²) in [6, 6.07) is 10.3. The Morgan fingerprint density at radius 1 is 1.12 bits per heavy atom. The third-order valence-electron chi connectivity index (χ3n) is 5.18. The lowest BCUT2D eigenvalue weighted by atomic mass is 10.0. The Hall–Kier alpha value is -3.23. The molecule has 0 aromatic heterocycles. The Kier molecular flexibility index (Phi) is 7.27. The van der Waals surface area contributed by atoms with Gasteiger partial charge in [-0.3, -0.25) is 4.79 Å². The second-order valence-corrected chi connectivity index (χ2v) is 7.36. The summed E-state index contributed by atoms with van der Waals surface area (Å²) < 4.78 is 49.0. The predicted octanol–water partition coefficient (Wildman–Crippen LogP) is 4.65. The van der Waals surface area contributed by atoms with Crippen molar-refractivity contribution in [3.05, 3.63) is 59.2 Å². The number of methoxy groups -OCH3 is 2. The highest BCUT2D eigenvalue weighted by atomic mass is 19.4. The van der Waals surface area contributed by atoms with Crippen molar-refractivity contribution in [1.29, 1.82) is 0 Å². The van der Waals surface area contributed by atoms with Gasteiger partial charge in [0.1, 0.15) is 0 Å². The Balaban J connectivity index is 1.67. The number of nitrogens with zero attached hydrogens (tertiary/aromatic N) is 2. The van der Waals surface area contributed by atoms with Gasteiger partial charge in [0, 0.05) is 24.9 Å². The Labute approximate surface area is 184 Å². The molecule has 9 heteroatoms.